The first-order valence-corrected chi connectivity index (χ1v) is 6.47. The van der Waals surface area contributed by atoms with E-state index in [4.69, 9.17) is 0 Å². The quantitative estimate of drug-likeness (QED) is 0.463. The van der Waals surface area contributed by atoms with Gasteiger partial charge in [-0.3, -0.25) is 5.09 Å². The van der Waals surface area contributed by atoms with Crippen LogP contribution in [-0.2, 0) is 25.9 Å². The molecule has 0 fully saturated rings. The normalized spacial score (nSPS) is 16.7. The van der Waals surface area contributed by atoms with E-state index in [9.17, 15) is 24.7 Å². The molecule has 0 aromatic rings. The molecule has 0 bridgehead atoms. The fourth-order valence-electron chi connectivity index (χ4n) is 0.741. The summed E-state index contributed by atoms with van der Waals surface area (Å²) in [5.74, 6) is -3.02. The van der Waals surface area contributed by atoms with Crippen LogP contribution in [0.4, 0.5) is 0 Å². The van der Waals surface area contributed by atoms with Crippen molar-refractivity contribution in [1.29, 1.82) is 0 Å². The Hall–Kier alpha value is -0.530. The first kappa shape index (κ1) is 14.5. The smallest absolute Gasteiger partial charge is 0.0587 e. The number of carboxylic acid groups (broad SMARTS) is 2. The van der Waals surface area contributed by atoms with Crippen LogP contribution in [0.3, 0.4) is 0 Å². The van der Waals surface area contributed by atoms with Crippen molar-refractivity contribution in [2.75, 3.05) is 7.11 Å². The molecule has 0 amide bonds. The van der Waals surface area contributed by atoms with Crippen molar-refractivity contribution < 1.29 is 29.2 Å². The number of rotatable bonds is 7. The molecule has 9 heteroatoms. The van der Waals surface area contributed by atoms with E-state index in [1.54, 1.807) is 0 Å². The fourth-order valence-corrected chi connectivity index (χ4v) is 1.84. The number of hydrogen-bond acceptors (Lipinski definition) is 7. The van der Waals surface area contributed by atoms with Crippen LogP contribution in [0, 0.1) is 0 Å². The third-order valence-electron chi connectivity index (χ3n) is 1.48. The molecule has 2 unspecified atom stereocenters. The van der Waals surface area contributed by atoms with Crippen LogP contribution in [0.5, 0.6) is 0 Å². The van der Waals surface area contributed by atoms with Gasteiger partial charge in [0, 0.05) is 13.1 Å². The molecular formula is C6H9NO6PS-3. The topological polar surface area (TPSA) is 125 Å². The first-order chi connectivity index (χ1) is 6.78. The predicted octanol–water partition coefficient (Wildman–Crippen LogP) is -3.54. The lowest BCUT2D eigenvalue weighted by molar-refractivity contribution is -0.310. The van der Waals surface area contributed by atoms with E-state index in [1.807, 2.05) is 5.09 Å². The molecule has 0 heterocycles. The SMILES string of the molecule is COP([O-])(=S)NC(CCC(=O)[O-])C(=O)[O-]. The number of carboxylic acids is 2. The highest BCUT2D eigenvalue weighted by Crippen LogP contribution is 2.31. The van der Waals surface area contributed by atoms with Gasteiger partial charge in [0.05, 0.1) is 18.7 Å². The number of carbonyl (C=O) groups is 2. The van der Waals surface area contributed by atoms with Crippen molar-refractivity contribution in [3.8, 4) is 0 Å². The molecule has 0 aromatic carbocycles. The van der Waals surface area contributed by atoms with E-state index >= 15 is 0 Å². The van der Waals surface area contributed by atoms with Crippen LogP contribution in [0.2, 0.25) is 0 Å². The van der Waals surface area contributed by atoms with Crippen molar-refractivity contribution in [1.82, 2.24) is 5.09 Å². The standard InChI is InChI=1S/C6H12NO6PS/c1-13-14(12,15)7-4(6(10)11)2-3-5(8)9/h4H,2-3H2,1H3,(H,8,9)(H,10,11)(H2,7,12,15)/p-3. The maximum Gasteiger partial charge on any atom is 0.0587 e. The first-order valence-electron chi connectivity index (χ1n) is 3.84. The van der Waals surface area contributed by atoms with Gasteiger partial charge >= 0.3 is 0 Å². The minimum Gasteiger partial charge on any atom is -0.789 e. The molecule has 0 aromatic heterocycles. The molecular weight excluding hydrogens is 245 g/mol. The van der Waals surface area contributed by atoms with E-state index in [-0.39, 0.29) is 6.42 Å². The van der Waals surface area contributed by atoms with Gasteiger partial charge in [0.25, 0.3) is 0 Å². The van der Waals surface area contributed by atoms with Crippen molar-refractivity contribution >= 4 is 30.4 Å². The van der Waals surface area contributed by atoms with Crippen molar-refractivity contribution in [2.24, 2.45) is 0 Å². The monoisotopic (exact) mass is 254 g/mol. The van der Waals surface area contributed by atoms with Gasteiger partial charge in [0.1, 0.15) is 0 Å². The number of aliphatic carboxylic acids is 2. The van der Waals surface area contributed by atoms with E-state index in [1.165, 1.54) is 0 Å². The summed E-state index contributed by atoms with van der Waals surface area (Å²) in [7, 11) is 1.05. The molecule has 0 aliphatic carbocycles. The van der Waals surface area contributed by atoms with Crippen LogP contribution < -0.4 is 20.2 Å². The van der Waals surface area contributed by atoms with Crippen LogP contribution in [-0.4, -0.2) is 25.1 Å². The molecule has 0 saturated heterocycles. The minimum absolute atomic E-state index is 0.339. The largest absolute Gasteiger partial charge is 0.789 e. The van der Waals surface area contributed by atoms with Gasteiger partial charge in [0.15, 0.2) is 0 Å². The molecule has 2 atom stereocenters. The highest BCUT2D eigenvalue weighted by molar-refractivity contribution is 8.07. The second-order valence-electron chi connectivity index (χ2n) is 2.59. The Kier molecular flexibility index (Phi) is 5.92. The van der Waals surface area contributed by atoms with Crippen LogP contribution >= 0.6 is 6.64 Å². The zero-order valence-corrected chi connectivity index (χ0v) is 9.51. The number of hydrogen-bond donors (Lipinski definition) is 1. The van der Waals surface area contributed by atoms with Gasteiger partial charge in [-0.1, -0.05) is 11.8 Å². The molecule has 7 nitrogen and oxygen atoms in total. The Morgan fingerprint density at radius 3 is 2.40 bits per heavy atom. The molecule has 0 spiro atoms. The Balaban J connectivity index is 4.35. The van der Waals surface area contributed by atoms with Crippen LogP contribution in [0.1, 0.15) is 12.8 Å². The zero-order chi connectivity index (χ0) is 12.1. The molecule has 0 radical (unpaired) electrons. The molecule has 0 saturated carbocycles. The van der Waals surface area contributed by atoms with E-state index < -0.39 is 31.0 Å². The summed E-state index contributed by atoms with van der Waals surface area (Å²) in [6, 6.07) is -1.44. The Labute approximate surface area is 91.3 Å². The Morgan fingerprint density at radius 1 is 1.53 bits per heavy atom. The second-order valence-corrected chi connectivity index (χ2v) is 5.65. The summed E-state index contributed by atoms with van der Waals surface area (Å²) >= 11 is 4.39. The summed E-state index contributed by atoms with van der Waals surface area (Å²) < 4.78 is 4.33. The summed E-state index contributed by atoms with van der Waals surface area (Å²) in [4.78, 5) is 31.7. The molecule has 15 heavy (non-hydrogen) atoms. The second kappa shape index (κ2) is 6.14. The minimum atomic E-state index is -3.64. The molecule has 0 aliphatic heterocycles. The molecule has 88 valence electrons. The average Bonchev–Trinajstić information content (AvgIpc) is 2.11. The summed E-state index contributed by atoms with van der Waals surface area (Å²) in [5, 5.41) is 22.6. The lowest BCUT2D eigenvalue weighted by Crippen LogP contribution is -2.46. The lowest BCUT2D eigenvalue weighted by Gasteiger charge is -2.32. The summed E-state index contributed by atoms with van der Waals surface area (Å²) in [6.07, 6.45) is -0.848. The van der Waals surface area contributed by atoms with Crippen LogP contribution in [0.25, 0.3) is 0 Å². The zero-order valence-electron chi connectivity index (χ0n) is 7.80. The Bertz CT molecular complexity index is 295. The third kappa shape index (κ3) is 6.53. The average molecular weight is 254 g/mol. The van der Waals surface area contributed by atoms with Crippen molar-refractivity contribution in [3.05, 3.63) is 0 Å². The summed E-state index contributed by atoms with van der Waals surface area (Å²) in [5.41, 5.74) is 0. The van der Waals surface area contributed by atoms with Gasteiger partial charge in [-0.05, 0) is 12.8 Å². The van der Waals surface area contributed by atoms with Gasteiger partial charge in [-0.15, -0.1) is 0 Å². The van der Waals surface area contributed by atoms with Gasteiger partial charge in [-0.2, -0.15) is 0 Å². The fraction of sp³-hybridized carbons (Fsp3) is 0.667. The summed E-state index contributed by atoms with van der Waals surface area (Å²) in [6.45, 7) is -3.64. The van der Waals surface area contributed by atoms with Crippen molar-refractivity contribution in [3.63, 3.8) is 0 Å². The third-order valence-corrected chi connectivity index (χ3v) is 3.35. The Morgan fingerprint density at radius 2 is 2.07 bits per heavy atom. The molecule has 1 N–H and O–H groups in total. The van der Waals surface area contributed by atoms with E-state index in [0.29, 0.717) is 0 Å². The van der Waals surface area contributed by atoms with Gasteiger partial charge < -0.3 is 29.2 Å². The number of carbonyl (C=O) groups excluding carboxylic acids is 2. The van der Waals surface area contributed by atoms with E-state index in [2.05, 4.69) is 16.3 Å². The van der Waals surface area contributed by atoms with Gasteiger partial charge in [0.2, 0.25) is 0 Å². The number of nitrogens with one attached hydrogen (secondary N) is 1. The molecule has 0 rings (SSSR count). The lowest BCUT2D eigenvalue weighted by atomic mass is 10.2. The van der Waals surface area contributed by atoms with Crippen LogP contribution in [0.15, 0.2) is 0 Å². The van der Waals surface area contributed by atoms with Crippen molar-refractivity contribution in [2.45, 2.75) is 18.9 Å². The molecule has 0 aliphatic rings. The maximum absolute atomic E-state index is 11.2. The maximum atomic E-state index is 11.2. The van der Waals surface area contributed by atoms with Gasteiger partial charge in [-0.25, -0.2) is 0 Å². The highest BCUT2D eigenvalue weighted by Gasteiger charge is 2.13. The highest BCUT2D eigenvalue weighted by atomic mass is 32.5. The predicted molar refractivity (Wildman–Crippen MR) is 47.5 cm³/mol. The van der Waals surface area contributed by atoms with E-state index in [0.717, 1.165) is 7.11 Å².